The van der Waals surface area contributed by atoms with Gasteiger partial charge in [-0.2, -0.15) is 0 Å². The molecule has 1 heterocycles. The zero-order chi connectivity index (χ0) is 20.7. The SMILES string of the molecule is NC(=O)N=Nc1c(O)n(C2c3ccccc3C=Cc3ccccc32)c2ccccc12. The summed E-state index contributed by atoms with van der Waals surface area (Å²) in [6.45, 7) is 0. The van der Waals surface area contributed by atoms with Gasteiger partial charge in [0.1, 0.15) is 0 Å². The molecule has 6 nitrogen and oxygen atoms in total. The average molecular weight is 394 g/mol. The van der Waals surface area contributed by atoms with Gasteiger partial charge in [-0.1, -0.05) is 84.0 Å². The van der Waals surface area contributed by atoms with Gasteiger partial charge in [-0.05, 0) is 28.3 Å². The first-order chi connectivity index (χ1) is 14.6. The lowest BCUT2D eigenvalue weighted by atomic mass is 9.93. The molecule has 0 atom stereocenters. The number of hydrogen-bond donors (Lipinski definition) is 2. The molecule has 0 spiro atoms. The second kappa shape index (κ2) is 7.00. The second-order valence-corrected chi connectivity index (χ2v) is 7.09. The van der Waals surface area contributed by atoms with Gasteiger partial charge < -0.3 is 10.8 Å². The van der Waals surface area contributed by atoms with Crippen molar-refractivity contribution in [3.8, 4) is 5.88 Å². The summed E-state index contributed by atoms with van der Waals surface area (Å²) in [4.78, 5) is 11.2. The summed E-state index contributed by atoms with van der Waals surface area (Å²) in [5.74, 6) is -0.0716. The number of benzene rings is 3. The van der Waals surface area contributed by atoms with Crippen LogP contribution in [-0.2, 0) is 0 Å². The second-order valence-electron chi connectivity index (χ2n) is 7.09. The number of hydrogen-bond acceptors (Lipinski definition) is 3. The Morgan fingerprint density at radius 3 is 2.07 bits per heavy atom. The van der Waals surface area contributed by atoms with Crippen LogP contribution in [0.1, 0.15) is 28.3 Å². The number of amides is 2. The van der Waals surface area contributed by atoms with Crippen molar-refractivity contribution in [3.63, 3.8) is 0 Å². The van der Waals surface area contributed by atoms with Gasteiger partial charge >= 0.3 is 6.03 Å². The predicted molar refractivity (Wildman–Crippen MR) is 117 cm³/mol. The Labute approximate surface area is 172 Å². The lowest BCUT2D eigenvalue weighted by Crippen LogP contribution is -2.13. The molecule has 3 N–H and O–H groups in total. The van der Waals surface area contributed by atoms with Crippen LogP contribution in [0.5, 0.6) is 5.88 Å². The van der Waals surface area contributed by atoms with Crippen molar-refractivity contribution in [2.45, 2.75) is 6.04 Å². The first-order valence-electron chi connectivity index (χ1n) is 9.54. The molecule has 0 unspecified atom stereocenters. The van der Waals surface area contributed by atoms with Crippen LogP contribution >= 0.6 is 0 Å². The molecule has 2 amide bonds. The molecule has 0 radical (unpaired) electrons. The number of carbonyl (C=O) groups is 1. The quantitative estimate of drug-likeness (QED) is 0.380. The minimum atomic E-state index is -0.916. The maximum atomic E-state index is 11.3. The highest BCUT2D eigenvalue weighted by Gasteiger charge is 2.28. The molecule has 5 rings (SSSR count). The van der Waals surface area contributed by atoms with Gasteiger partial charge in [0.2, 0.25) is 5.88 Å². The molecule has 0 bridgehead atoms. The van der Waals surface area contributed by atoms with Crippen molar-refractivity contribution >= 4 is 34.8 Å². The summed E-state index contributed by atoms with van der Waals surface area (Å²) in [5, 5.41) is 19.3. The number of azo groups is 1. The fourth-order valence-corrected chi connectivity index (χ4v) is 4.14. The van der Waals surface area contributed by atoms with Crippen LogP contribution < -0.4 is 5.73 Å². The summed E-state index contributed by atoms with van der Waals surface area (Å²) in [7, 11) is 0. The monoisotopic (exact) mass is 394 g/mol. The standard InChI is InChI=1S/C24H18N4O2/c25-24(30)27-26-21-19-11-5-6-12-20(19)28(23(21)29)22-17-9-3-1-7-15(17)13-14-16-8-2-4-10-18(16)22/h1-14,22,29H,(H2,25,30). The minimum Gasteiger partial charge on any atom is -0.493 e. The molecule has 0 aliphatic heterocycles. The number of rotatable bonds is 2. The third-order valence-corrected chi connectivity index (χ3v) is 5.39. The fourth-order valence-electron chi connectivity index (χ4n) is 4.14. The number of primary amides is 1. The smallest absolute Gasteiger partial charge is 0.356 e. The van der Waals surface area contributed by atoms with Crippen molar-refractivity contribution in [3.05, 3.63) is 95.1 Å². The summed E-state index contributed by atoms with van der Waals surface area (Å²) in [5.41, 5.74) is 10.4. The Morgan fingerprint density at radius 1 is 0.867 bits per heavy atom. The molecule has 1 aliphatic rings. The van der Waals surface area contributed by atoms with Gasteiger partial charge in [0.25, 0.3) is 0 Å². The Kier molecular flexibility index (Phi) is 4.17. The number of aromatic nitrogens is 1. The molecular weight excluding hydrogens is 376 g/mol. The van der Waals surface area contributed by atoms with Gasteiger partial charge in [0, 0.05) is 5.39 Å². The van der Waals surface area contributed by atoms with E-state index in [-0.39, 0.29) is 17.6 Å². The Hall–Kier alpha value is -4.19. The number of nitrogens with zero attached hydrogens (tertiary/aromatic N) is 3. The minimum absolute atomic E-state index is 0.0716. The van der Waals surface area contributed by atoms with E-state index in [4.69, 9.17) is 5.73 Å². The van der Waals surface area contributed by atoms with Crippen LogP contribution in [0.3, 0.4) is 0 Å². The van der Waals surface area contributed by atoms with E-state index in [0.29, 0.717) is 5.39 Å². The number of carbonyl (C=O) groups excluding carboxylic acids is 1. The molecule has 0 saturated carbocycles. The van der Waals surface area contributed by atoms with Crippen LogP contribution in [0.15, 0.2) is 83.0 Å². The largest absolute Gasteiger partial charge is 0.493 e. The molecule has 1 aliphatic carbocycles. The fraction of sp³-hybridized carbons (Fsp3) is 0.0417. The van der Waals surface area contributed by atoms with Crippen LogP contribution in [-0.4, -0.2) is 15.7 Å². The van der Waals surface area contributed by atoms with Crippen LogP contribution in [0.25, 0.3) is 23.1 Å². The number of nitrogens with two attached hydrogens (primary N) is 1. The van der Waals surface area contributed by atoms with E-state index in [0.717, 1.165) is 27.8 Å². The first kappa shape index (κ1) is 17.9. The average Bonchev–Trinajstić information content (AvgIpc) is 2.93. The van der Waals surface area contributed by atoms with Gasteiger partial charge in [-0.25, -0.2) is 4.79 Å². The van der Waals surface area contributed by atoms with Crippen LogP contribution in [0.2, 0.25) is 0 Å². The highest BCUT2D eigenvalue weighted by atomic mass is 16.3. The molecular formula is C24H18N4O2. The third-order valence-electron chi connectivity index (χ3n) is 5.39. The van der Waals surface area contributed by atoms with E-state index < -0.39 is 6.03 Å². The third kappa shape index (κ3) is 2.78. The van der Waals surface area contributed by atoms with Gasteiger partial charge in [-0.3, -0.25) is 4.57 Å². The predicted octanol–water partition coefficient (Wildman–Crippen LogP) is 5.63. The molecule has 3 aromatic carbocycles. The van der Waals surface area contributed by atoms with E-state index in [9.17, 15) is 9.90 Å². The van der Waals surface area contributed by atoms with Crippen molar-refractivity contribution in [1.29, 1.82) is 0 Å². The molecule has 0 saturated heterocycles. The zero-order valence-corrected chi connectivity index (χ0v) is 15.9. The van der Waals surface area contributed by atoms with E-state index in [1.54, 1.807) is 0 Å². The Bertz CT molecular complexity index is 1300. The number of para-hydroxylation sites is 1. The lowest BCUT2D eigenvalue weighted by Gasteiger charge is -2.24. The van der Waals surface area contributed by atoms with Crippen molar-refractivity contribution < 1.29 is 9.90 Å². The first-order valence-corrected chi connectivity index (χ1v) is 9.54. The van der Waals surface area contributed by atoms with E-state index in [1.165, 1.54) is 0 Å². The van der Waals surface area contributed by atoms with Gasteiger partial charge in [0.05, 0.1) is 11.6 Å². The lowest BCUT2D eigenvalue weighted by molar-refractivity contribution is 0.255. The maximum absolute atomic E-state index is 11.3. The van der Waals surface area contributed by atoms with E-state index in [1.807, 2.05) is 53.1 Å². The summed E-state index contributed by atoms with van der Waals surface area (Å²) in [6.07, 6.45) is 4.18. The molecule has 146 valence electrons. The Morgan fingerprint density at radius 2 is 1.43 bits per heavy atom. The van der Waals surface area contributed by atoms with Crippen molar-refractivity contribution in [2.75, 3.05) is 0 Å². The zero-order valence-electron chi connectivity index (χ0n) is 15.9. The summed E-state index contributed by atoms with van der Waals surface area (Å²) >= 11 is 0. The van der Waals surface area contributed by atoms with Crippen LogP contribution in [0.4, 0.5) is 10.5 Å². The molecule has 6 heteroatoms. The highest BCUT2D eigenvalue weighted by molar-refractivity contribution is 5.96. The van der Waals surface area contributed by atoms with Crippen molar-refractivity contribution in [2.24, 2.45) is 16.0 Å². The molecule has 0 fully saturated rings. The van der Waals surface area contributed by atoms with E-state index >= 15 is 0 Å². The van der Waals surface area contributed by atoms with E-state index in [2.05, 4.69) is 46.6 Å². The van der Waals surface area contributed by atoms with Gasteiger partial charge in [0.15, 0.2) is 5.69 Å². The van der Waals surface area contributed by atoms with Crippen molar-refractivity contribution in [1.82, 2.24) is 4.57 Å². The molecule has 4 aromatic rings. The van der Waals surface area contributed by atoms with Gasteiger partial charge in [-0.15, -0.1) is 5.11 Å². The number of urea groups is 1. The molecule has 30 heavy (non-hydrogen) atoms. The summed E-state index contributed by atoms with van der Waals surface area (Å²) < 4.78 is 1.84. The topological polar surface area (TPSA) is 93.0 Å². The number of aromatic hydroxyl groups is 1. The molecule has 1 aromatic heterocycles. The highest BCUT2D eigenvalue weighted by Crippen LogP contribution is 2.46. The summed E-state index contributed by atoms with van der Waals surface area (Å²) in [6, 6.07) is 22.5. The van der Waals surface area contributed by atoms with Crippen LogP contribution in [0, 0.1) is 0 Å². The number of fused-ring (bicyclic) bond motifs is 3. The normalized spacial score (nSPS) is 13.3. The Balaban J connectivity index is 1.86. The maximum Gasteiger partial charge on any atom is 0.356 e.